The summed E-state index contributed by atoms with van der Waals surface area (Å²) in [7, 11) is 0. The van der Waals surface area contributed by atoms with Crippen molar-refractivity contribution in [2.45, 2.75) is 6.42 Å². The van der Waals surface area contributed by atoms with Gasteiger partial charge in [-0.3, -0.25) is 0 Å². The summed E-state index contributed by atoms with van der Waals surface area (Å²) in [6, 6.07) is 66.6. The van der Waals surface area contributed by atoms with Crippen LogP contribution in [0.3, 0.4) is 0 Å². The smallest absolute Gasteiger partial charge is 0.000728 e. The Morgan fingerprint density at radius 3 is 1.57 bits per heavy atom. The van der Waals surface area contributed by atoms with Gasteiger partial charge >= 0.3 is 0 Å². The van der Waals surface area contributed by atoms with Gasteiger partial charge in [0, 0.05) is 0 Å². The van der Waals surface area contributed by atoms with Crippen LogP contribution < -0.4 is 0 Å². The van der Waals surface area contributed by atoms with Crippen molar-refractivity contribution >= 4 is 43.1 Å². The molecule has 0 bridgehead atoms. The minimum absolute atomic E-state index is 0.859. The monoisotopic (exact) mass is 596 g/mol. The van der Waals surface area contributed by atoms with Gasteiger partial charge in [-0.1, -0.05) is 176 Å². The fourth-order valence-corrected chi connectivity index (χ4v) is 7.62. The molecule has 0 nitrogen and oxygen atoms in total. The Hall–Kier alpha value is -5.98. The molecule has 0 heterocycles. The molecule has 220 valence electrons. The van der Waals surface area contributed by atoms with Crippen molar-refractivity contribution in [3.63, 3.8) is 0 Å². The Labute approximate surface area is 275 Å². The van der Waals surface area contributed by atoms with Crippen LogP contribution in [0, 0.1) is 0 Å². The van der Waals surface area contributed by atoms with Crippen molar-refractivity contribution in [2.24, 2.45) is 0 Å². The molecule has 9 aromatic carbocycles. The van der Waals surface area contributed by atoms with E-state index < -0.39 is 0 Å². The molecule has 0 aromatic heterocycles. The number of hydrogen-bond donors (Lipinski definition) is 0. The highest BCUT2D eigenvalue weighted by Gasteiger charge is 2.18. The molecule has 0 heteroatoms. The lowest BCUT2D eigenvalue weighted by Crippen LogP contribution is -1.97. The summed E-state index contributed by atoms with van der Waals surface area (Å²) in [5.41, 5.74) is 10.3. The van der Waals surface area contributed by atoms with E-state index in [1.54, 1.807) is 0 Å². The molecule has 0 aliphatic rings. The third-order valence-corrected chi connectivity index (χ3v) is 9.75. The van der Waals surface area contributed by atoms with E-state index in [1.807, 2.05) is 0 Å². The van der Waals surface area contributed by atoms with Crippen molar-refractivity contribution in [1.82, 2.24) is 0 Å². The van der Waals surface area contributed by atoms with Crippen LogP contribution in [0.15, 0.2) is 182 Å². The van der Waals surface area contributed by atoms with Gasteiger partial charge in [-0.2, -0.15) is 0 Å². The molecular weight excluding hydrogens is 565 g/mol. The normalized spacial score (nSPS) is 11.5. The summed E-state index contributed by atoms with van der Waals surface area (Å²) < 4.78 is 0. The Morgan fingerprint density at radius 1 is 0.319 bits per heavy atom. The minimum Gasteiger partial charge on any atom is -0.0622 e. The second-order valence-corrected chi connectivity index (χ2v) is 12.4. The van der Waals surface area contributed by atoms with Gasteiger partial charge in [0.15, 0.2) is 0 Å². The van der Waals surface area contributed by atoms with Gasteiger partial charge in [-0.15, -0.1) is 0 Å². The van der Waals surface area contributed by atoms with Crippen LogP contribution in [-0.2, 0) is 6.42 Å². The summed E-state index contributed by atoms with van der Waals surface area (Å²) in [5, 5.41) is 10.3. The third kappa shape index (κ3) is 4.69. The molecule has 0 fully saturated rings. The van der Waals surface area contributed by atoms with E-state index in [4.69, 9.17) is 0 Å². The first-order valence-corrected chi connectivity index (χ1v) is 16.4. The predicted molar refractivity (Wildman–Crippen MR) is 202 cm³/mol. The van der Waals surface area contributed by atoms with Crippen molar-refractivity contribution in [1.29, 1.82) is 0 Å². The van der Waals surface area contributed by atoms with Gasteiger partial charge < -0.3 is 0 Å². The van der Waals surface area contributed by atoms with Crippen molar-refractivity contribution < 1.29 is 0 Å². The van der Waals surface area contributed by atoms with Crippen LogP contribution in [0.1, 0.15) is 11.1 Å². The Kier molecular flexibility index (Phi) is 6.65. The topological polar surface area (TPSA) is 0 Å². The predicted octanol–water partition coefficient (Wildman–Crippen LogP) is 12.9. The first kappa shape index (κ1) is 27.3. The molecule has 0 atom stereocenters. The van der Waals surface area contributed by atoms with E-state index in [0.717, 1.165) is 6.42 Å². The van der Waals surface area contributed by atoms with E-state index in [-0.39, 0.29) is 0 Å². The maximum absolute atomic E-state index is 2.40. The average molecular weight is 597 g/mol. The highest BCUT2D eigenvalue weighted by atomic mass is 14.2. The highest BCUT2D eigenvalue weighted by molar-refractivity contribution is 6.18. The molecule has 0 aliphatic heterocycles. The van der Waals surface area contributed by atoms with Crippen LogP contribution in [0.5, 0.6) is 0 Å². The van der Waals surface area contributed by atoms with Gasteiger partial charge in [-0.05, 0) is 100 Å². The molecule has 0 aliphatic carbocycles. The maximum Gasteiger partial charge on any atom is -0.000728 e. The summed E-state index contributed by atoms with van der Waals surface area (Å²) in [6.45, 7) is 0. The molecule has 9 aromatic rings. The zero-order valence-corrected chi connectivity index (χ0v) is 26.0. The summed E-state index contributed by atoms with van der Waals surface area (Å²) in [5.74, 6) is 0. The van der Waals surface area contributed by atoms with Gasteiger partial charge in [0.25, 0.3) is 0 Å². The van der Waals surface area contributed by atoms with Gasteiger partial charge in [-0.25, -0.2) is 0 Å². The van der Waals surface area contributed by atoms with Crippen LogP contribution in [0.4, 0.5) is 0 Å². The molecule has 0 radical (unpaired) electrons. The van der Waals surface area contributed by atoms with Crippen molar-refractivity contribution in [3.05, 3.63) is 193 Å². The maximum atomic E-state index is 2.40. The molecule has 0 amide bonds. The molecular formula is C47H32. The molecule has 0 saturated heterocycles. The van der Waals surface area contributed by atoms with E-state index >= 15 is 0 Å². The molecule has 0 unspecified atom stereocenters. The zero-order chi connectivity index (χ0) is 31.2. The second kappa shape index (κ2) is 11.4. The summed E-state index contributed by atoms with van der Waals surface area (Å²) >= 11 is 0. The first-order chi connectivity index (χ1) is 23.3. The number of benzene rings is 9. The number of fused-ring (bicyclic) bond motifs is 5. The molecule has 0 N–H and O–H groups in total. The molecule has 47 heavy (non-hydrogen) atoms. The van der Waals surface area contributed by atoms with Crippen LogP contribution in [0.2, 0.25) is 0 Å². The van der Waals surface area contributed by atoms with Crippen molar-refractivity contribution in [2.75, 3.05) is 0 Å². The Morgan fingerprint density at radius 2 is 0.872 bits per heavy atom. The lowest BCUT2D eigenvalue weighted by Gasteiger charge is -2.19. The molecule has 0 spiro atoms. The van der Waals surface area contributed by atoms with Crippen LogP contribution in [0.25, 0.3) is 76.5 Å². The average Bonchev–Trinajstić information content (AvgIpc) is 3.15. The summed E-state index contributed by atoms with van der Waals surface area (Å²) in [6.07, 6.45) is 0.859. The summed E-state index contributed by atoms with van der Waals surface area (Å²) in [4.78, 5) is 0. The van der Waals surface area contributed by atoms with Gasteiger partial charge in [0.2, 0.25) is 0 Å². The standard InChI is InChI=1S/C47H32/c1-3-14-32(15-4-1)38-20-8-7-18-35(38)31-45-41-21-9-11-23-43(41)47(44-24-12-10-22-42(44)45)37-28-29-40-36(30-37)27-26-34-19-13-25-39(46(34)40)33-16-5-2-6-17-33/h1-30H,31H2. The quantitative estimate of drug-likeness (QED) is 0.137. The lowest BCUT2D eigenvalue weighted by atomic mass is 9.84. The largest absolute Gasteiger partial charge is 0.0622 e. The zero-order valence-electron chi connectivity index (χ0n) is 26.0. The van der Waals surface area contributed by atoms with Gasteiger partial charge in [0.1, 0.15) is 0 Å². The van der Waals surface area contributed by atoms with Gasteiger partial charge in [0.05, 0.1) is 0 Å². The fraction of sp³-hybridized carbons (Fsp3) is 0.0213. The Bertz CT molecular complexity index is 2520. The minimum atomic E-state index is 0.859. The van der Waals surface area contributed by atoms with E-state index in [1.165, 1.54) is 87.6 Å². The number of rotatable bonds is 5. The first-order valence-electron chi connectivity index (χ1n) is 16.4. The SMILES string of the molecule is c1ccc(-c2ccccc2Cc2c3ccccc3c(-c3ccc4c(ccc5cccc(-c6ccccc6)c54)c3)c3ccccc23)cc1. The van der Waals surface area contributed by atoms with E-state index in [9.17, 15) is 0 Å². The highest BCUT2D eigenvalue weighted by Crippen LogP contribution is 2.43. The second-order valence-electron chi connectivity index (χ2n) is 12.4. The van der Waals surface area contributed by atoms with Crippen LogP contribution in [-0.4, -0.2) is 0 Å². The number of hydrogen-bond acceptors (Lipinski definition) is 0. The fourth-order valence-electron chi connectivity index (χ4n) is 7.62. The molecule has 0 saturated carbocycles. The van der Waals surface area contributed by atoms with E-state index in [0.29, 0.717) is 0 Å². The Balaban J connectivity index is 1.26. The third-order valence-electron chi connectivity index (χ3n) is 9.75. The van der Waals surface area contributed by atoms with Crippen molar-refractivity contribution in [3.8, 4) is 33.4 Å². The molecule has 9 rings (SSSR count). The van der Waals surface area contributed by atoms with Crippen LogP contribution >= 0.6 is 0 Å². The van der Waals surface area contributed by atoms with E-state index in [2.05, 4.69) is 182 Å². The lowest BCUT2D eigenvalue weighted by molar-refractivity contribution is 1.23.